The number of Topliss-reactive ketones (excluding diaryl/α,β-unsaturated/α-hetero) is 1. The molecule has 1 saturated carbocycles. The minimum absolute atomic E-state index is 0.106. The monoisotopic (exact) mass is 376 g/mol. The Balaban J connectivity index is 1.70. The molecule has 2 fully saturated rings. The number of carboxylic acid groups (broad SMARTS) is 1. The highest BCUT2D eigenvalue weighted by Gasteiger charge is 2.46. The maximum Gasteiger partial charge on any atom is 0.341 e. The van der Waals surface area contributed by atoms with Crippen LogP contribution in [0, 0.1) is 5.92 Å². The van der Waals surface area contributed by atoms with Crippen LogP contribution in [0.1, 0.15) is 25.7 Å². The average molecular weight is 376 g/mol. The van der Waals surface area contributed by atoms with E-state index in [1.165, 1.54) is 6.20 Å². The largest absolute Gasteiger partial charge is 0.477 e. The van der Waals surface area contributed by atoms with E-state index in [-0.39, 0.29) is 28.9 Å². The van der Waals surface area contributed by atoms with Gasteiger partial charge in [0.1, 0.15) is 5.57 Å². The van der Waals surface area contributed by atoms with Gasteiger partial charge in [-0.25, -0.2) is 9.18 Å². The molecular formula is C19H25FN4O3. The summed E-state index contributed by atoms with van der Waals surface area (Å²) >= 11 is 0. The number of hydrogen-bond acceptors (Lipinski definition) is 6. The highest BCUT2D eigenvalue weighted by Crippen LogP contribution is 2.43. The summed E-state index contributed by atoms with van der Waals surface area (Å²) in [6.45, 7) is 2.40. The number of nitrogens with one attached hydrogen (secondary N) is 1. The Hall–Kier alpha value is -2.35. The molecule has 27 heavy (non-hydrogen) atoms. The molecule has 0 spiro atoms. The van der Waals surface area contributed by atoms with Gasteiger partial charge < -0.3 is 26.0 Å². The predicted molar refractivity (Wildman–Crippen MR) is 96.9 cm³/mol. The lowest BCUT2D eigenvalue weighted by atomic mass is 9.84. The number of nitrogens with two attached hydrogens (primary N) is 1. The van der Waals surface area contributed by atoms with E-state index >= 15 is 4.39 Å². The maximum absolute atomic E-state index is 15.1. The van der Waals surface area contributed by atoms with E-state index in [4.69, 9.17) is 5.73 Å². The summed E-state index contributed by atoms with van der Waals surface area (Å²) in [7, 11) is 1.91. The van der Waals surface area contributed by atoms with Crippen LogP contribution in [0.2, 0.25) is 0 Å². The van der Waals surface area contributed by atoms with Gasteiger partial charge >= 0.3 is 5.97 Å². The van der Waals surface area contributed by atoms with Crippen LogP contribution in [0.3, 0.4) is 0 Å². The first-order valence-electron chi connectivity index (χ1n) is 9.47. The van der Waals surface area contributed by atoms with Gasteiger partial charge in [0.2, 0.25) is 5.78 Å². The number of fused-ring (bicyclic) bond motifs is 1. The molecule has 0 amide bonds. The number of nitrogens with zero attached hydrogens (tertiary/aromatic N) is 2. The third-order valence-corrected chi connectivity index (χ3v) is 5.99. The number of halogens is 1. The molecule has 1 saturated heterocycles. The van der Waals surface area contributed by atoms with Crippen LogP contribution in [0.5, 0.6) is 0 Å². The van der Waals surface area contributed by atoms with E-state index in [1.54, 1.807) is 0 Å². The van der Waals surface area contributed by atoms with Crippen LogP contribution in [0.15, 0.2) is 34.6 Å². The van der Waals surface area contributed by atoms with Crippen molar-refractivity contribution in [3.8, 4) is 0 Å². The summed E-state index contributed by atoms with van der Waals surface area (Å²) in [5.74, 6) is -2.07. The van der Waals surface area contributed by atoms with Gasteiger partial charge in [-0.15, -0.1) is 0 Å². The first kappa shape index (κ1) is 18.0. The van der Waals surface area contributed by atoms with E-state index in [0.717, 1.165) is 38.9 Å². The van der Waals surface area contributed by atoms with E-state index in [2.05, 4.69) is 5.32 Å². The Bertz CT molecular complexity index is 784. The minimum Gasteiger partial charge on any atom is -0.477 e. The van der Waals surface area contributed by atoms with Crippen LogP contribution in [-0.4, -0.2) is 65.4 Å². The van der Waals surface area contributed by atoms with E-state index in [9.17, 15) is 14.7 Å². The van der Waals surface area contributed by atoms with E-state index < -0.39 is 17.6 Å². The summed E-state index contributed by atoms with van der Waals surface area (Å²) < 4.78 is 15.1. The van der Waals surface area contributed by atoms with Crippen LogP contribution in [0.25, 0.3) is 0 Å². The molecule has 0 aromatic carbocycles. The molecule has 8 heteroatoms. The molecule has 2 heterocycles. The summed E-state index contributed by atoms with van der Waals surface area (Å²) in [6, 6.07) is -0.191. The Labute approximate surface area is 157 Å². The van der Waals surface area contributed by atoms with Crippen LogP contribution >= 0.6 is 0 Å². The molecule has 4 N–H and O–H groups in total. The number of carbonyl (C=O) groups excluding carboxylic acids is 1. The molecule has 0 aromatic heterocycles. The Morgan fingerprint density at radius 3 is 2.78 bits per heavy atom. The van der Waals surface area contributed by atoms with Crippen LogP contribution in [0.4, 0.5) is 4.39 Å². The third-order valence-electron chi connectivity index (χ3n) is 5.99. The van der Waals surface area contributed by atoms with E-state index in [0.29, 0.717) is 18.0 Å². The van der Waals surface area contributed by atoms with Crippen molar-refractivity contribution in [3.05, 3.63) is 34.6 Å². The standard InChI is InChI=1S/C19H25FN4O3/c1-22-7-10-4-5-23(8-10)14-6-13-15(17(21)16(14)20)18(25)12(19(26)27)9-24(13)11-2-3-11/h9-11,13,22H,2-8,21H2,1H3,(H,26,27). The average Bonchev–Trinajstić information content (AvgIpc) is 3.37. The number of carbonyl (C=O) groups is 2. The van der Waals surface area contributed by atoms with Crippen molar-refractivity contribution in [1.29, 1.82) is 0 Å². The van der Waals surface area contributed by atoms with Gasteiger partial charge in [-0.1, -0.05) is 0 Å². The van der Waals surface area contributed by atoms with Gasteiger partial charge in [0.05, 0.1) is 17.4 Å². The Morgan fingerprint density at radius 2 is 2.15 bits per heavy atom. The highest BCUT2D eigenvalue weighted by molar-refractivity contribution is 6.25. The Kier molecular flexibility index (Phi) is 4.46. The van der Waals surface area contributed by atoms with Gasteiger partial charge in [-0.3, -0.25) is 4.79 Å². The van der Waals surface area contributed by atoms with Crippen molar-refractivity contribution >= 4 is 11.8 Å². The number of rotatable bonds is 5. The molecule has 0 aromatic rings. The third kappa shape index (κ3) is 3.01. The zero-order chi connectivity index (χ0) is 19.3. The number of allylic oxidation sites excluding steroid dienone is 1. The second-order valence-electron chi connectivity index (χ2n) is 7.82. The highest BCUT2D eigenvalue weighted by atomic mass is 19.1. The molecule has 0 bridgehead atoms. The minimum atomic E-state index is -1.30. The lowest BCUT2D eigenvalue weighted by Gasteiger charge is -2.41. The van der Waals surface area contributed by atoms with Crippen molar-refractivity contribution in [3.63, 3.8) is 0 Å². The van der Waals surface area contributed by atoms with Crippen molar-refractivity contribution in [2.24, 2.45) is 11.7 Å². The molecule has 2 aliphatic heterocycles. The number of aliphatic carboxylic acids is 1. The van der Waals surface area contributed by atoms with Gasteiger partial charge in [0.15, 0.2) is 5.83 Å². The molecule has 2 unspecified atom stereocenters. The number of ketones is 1. The molecule has 4 aliphatic rings. The second kappa shape index (κ2) is 6.67. The molecule has 146 valence electrons. The second-order valence-corrected chi connectivity index (χ2v) is 7.82. The van der Waals surface area contributed by atoms with Crippen LogP contribution < -0.4 is 11.1 Å². The van der Waals surface area contributed by atoms with Gasteiger partial charge in [-0.05, 0) is 38.8 Å². The van der Waals surface area contributed by atoms with Crippen molar-refractivity contribution < 1.29 is 19.1 Å². The Morgan fingerprint density at radius 1 is 1.41 bits per heavy atom. The zero-order valence-corrected chi connectivity index (χ0v) is 15.4. The number of carboxylic acids is 1. The molecule has 7 nitrogen and oxygen atoms in total. The number of likely N-dealkylation sites (tertiary alicyclic amines) is 1. The quantitative estimate of drug-likeness (QED) is 0.608. The molecular weight excluding hydrogens is 351 g/mol. The molecule has 4 rings (SSSR count). The smallest absolute Gasteiger partial charge is 0.341 e. The number of hydrogen-bond donors (Lipinski definition) is 3. The zero-order valence-electron chi connectivity index (χ0n) is 15.4. The van der Waals surface area contributed by atoms with Gasteiger partial charge in [0.25, 0.3) is 0 Å². The van der Waals surface area contributed by atoms with Crippen molar-refractivity contribution in [2.75, 3.05) is 26.7 Å². The van der Waals surface area contributed by atoms with E-state index in [1.807, 2.05) is 16.8 Å². The fourth-order valence-corrected chi connectivity index (χ4v) is 4.48. The molecule has 0 radical (unpaired) electrons. The topological polar surface area (TPSA) is 98.9 Å². The van der Waals surface area contributed by atoms with Gasteiger partial charge in [-0.2, -0.15) is 0 Å². The van der Waals surface area contributed by atoms with Crippen molar-refractivity contribution in [2.45, 2.75) is 37.8 Å². The van der Waals surface area contributed by atoms with Crippen molar-refractivity contribution in [1.82, 2.24) is 15.1 Å². The molecule has 2 aliphatic carbocycles. The van der Waals surface area contributed by atoms with Gasteiger partial charge in [0, 0.05) is 37.3 Å². The predicted octanol–water partition coefficient (Wildman–Crippen LogP) is 0.710. The lowest BCUT2D eigenvalue weighted by molar-refractivity contribution is -0.134. The molecule has 2 atom stereocenters. The summed E-state index contributed by atoms with van der Waals surface area (Å²) in [4.78, 5) is 28.1. The lowest BCUT2D eigenvalue weighted by Crippen LogP contribution is -2.47. The first-order chi connectivity index (χ1) is 12.9. The summed E-state index contributed by atoms with van der Waals surface area (Å²) in [6.07, 6.45) is 4.65. The first-order valence-corrected chi connectivity index (χ1v) is 9.47. The SMILES string of the molecule is CNCC1CCN(C2=C(F)C(N)=C3C(=O)C(C(=O)O)=CN(C4CC4)C3C2)C1. The summed E-state index contributed by atoms with van der Waals surface area (Å²) in [5.41, 5.74) is 6.19. The maximum atomic E-state index is 15.1. The van der Waals surface area contributed by atoms with Crippen LogP contribution in [-0.2, 0) is 9.59 Å². The normalized spacial score (nSPS) is 28.7. The fraction of sp³-hybridized carbons (Fsp3) is 0.579. The fourth-order valence-electron chi connectivity index (χ4n) is 4.48. The summed E-state index contributed by atoms with van der Waals surface area (Å²) in [5, 5.41) is 12.5.